The number of hydrogen-bond acceptors (Lipinski definition) is 3. The van der Waals surface area contributed by atoms with Crippen LogP contribution in [0, 0.1) is 11.5 Å². The number of benzene rings is 1. The molecule has 0 atom stereocenters. The first-order valence-corrected chi connectivity index (χ1v) is 3.06. The van der Waals surface area contributed by atoms with Crippen LogP contribution in [0.1, 0.15) is 0 Å². The van der Waals surface area contributed by atoms with Crippen LogP contribution in [-0.4, -0.2) is 10.2 Å². The highest BCUT2D eigenvalue weighted by Crippen LogP contribution is 2.12. The molecule has 2 N–H and O–H groups in total. The maximum atomic E-state index is 8.70. The highest BCUT2D eigenvalue weighted by atomic mass is 35.5. The van der Waals surface area contributed by atoms with Crippen LogP contribution in [-0.2, 0) is 0 Å². The molecule has 0 aliphatic carbocycles. The second-order valence-corrected chi connectivity index (χ2v) is 2.01. The molecule has 11 heavy (non-hydrogen) atoms. The van der Waals surface area contributed by atoms with Crippen LogP contribution in [0.2, 0.25) is 5.02 Å². The molecule has 0 amide bonds. The first kappa shape index (κ1) is 9.60. The van der Waals surface area contributed by atoms with Gasteiger partial charge >= 0.3 is 0 Å². The van der Waals surface area contributed by atoms with Gasteiger partial charge in [-0.25, -0.2) is 0 Å². The Labute approximate surface area is 69.1 Å². The van der Waals surface area contributed by atoms with Crippen molar-refractivity contribution in [3.05, 3.63) is 29.3 Å². The lowest BCUT2D eigenvalue weighted by Crippen LogP contribution is -1.61. The lowest BCUT2D eigenvalue weighted by molar-refractivity contribution is 0.475. The Morgan fingerprint density at radius 3 is 1.91 bits per heavy atom. The number of phenols is 1. The van der Waals surface area contributed by atoms with E-state index in [1.807, 2.05) is 0 Å². The maximum Gasteiger partial charge on any atom is 0.283 e. The largest absolute Gasteiger partial charge is 0.508 e. The van der Waals surface area contributed by atoms with E-state index in [4.69, 9.17) is 27.1 Å². The van der Waals surface area contributed by atoms with Gasteiger partial charge in [-0.3, -0.25) is 0 Å². The number of nitrogens with zero attached hydrogens (tertiary/aromatic N) is 1. The summed E-state index contributed by atoms with van der Waals surface area (Å²) < 4.78 is 0. The van der Waals surface area contributed by atoms with E-state index in [0.717, 1.165) is 6.26 Å². The minimum atomic E-state index is 0.245. The third-order valence-electron chi connectivity index (χ3n) is 0.827. The van der Waals surface area contributed by atoms with Crippen molar-refractivity contribution in [1.29, 1.82) is 5.26 Å². The number of rotatable bonds is 0. The van der Waals surface area contributed by atoms with Gasteiger partial charge in [-0.2, -0.15) is 5.26 Å². The van der Waals surface area contributed by atoms with Crippen LogP contribution in [0.15, 0.2) is 24.3 Å². The number of aromatic hydroxyl groups is 1. The molecular formula is C7H6ClNO2. The molecule has 0 heterocycles. The van der Waals surface area contributed by atoms with E-state index in [2.05, 4.69) is 0 Å². The van der Waals surface area contributed by atoms with E-state index in [9.17, 15) is 0 Å². The molecule has 0 saturated carbocycles. The van der Waals surface area contributed by atoms with Gasteiger partial charge < -0.3 is 10.2 Å². The number of halogens is 1. The molecule has 0 aromatic heterocycles. The van der Waals surface area contributed by atoms with Crippen molar-refractivity contribution in [2.75, 3.05) is 0 Å². The third kappa shape index (κ3) is 5.07. The number of hydrogen-bond donors (Lipinski definition) is 2. The van der Waals surface area contributed by atoms with E-state index >= 15 is 0 Å². The molecule has 0 saturated heterocycles. The summed E-state index contributed by atoms with van der Waals surface area (Å²) in [4.78, 5) is 0. The molecule has 0 fully saturated rings. The molecule has 0 bridgehead atoms. The summed E-state index contributed by atoms with van der Waals surface area (Å²) in [6, 6.07) is 6.36. The van der Waals surface area contributed by atoms with Gasteiger partial charge in [0.25, 0.3) is 6.26 Å². The van der Waals surface area contributed by atoms with Gasteiger partial charge in [0.15, 0.2) is 0 Å². The Kier molecular flexibility index (Phi) is 4.70. The summed E-state index contributed by atoms with van der Waals surface area (Å²) in [5.41, 5.74) is 0. The first-order valence-electron chi connectivity index (χ1n) is 2.68. The zero-order valence-corrected chi connectivity index (χ0v) is 6.28. The molecule has 1 aromatic carbocycles. The Balaban J connectivity index is 0.000000292. The lowest BCUT2D eigenvalue weighted by Gasteiger charge is -1.87. The summed E-state index contributed by atoms with van der Waals surface area (Å²) >= 11 is 5.50. The van der Waals surface area contributed by atoms with Gasteiger partial charge in [-0.05, 0) is 24.3 Å². The fourth-order valence-corrected chi connectivity index (χ4v) is 0.567. The van der Waals surface area contributed by atoms with Crippen LogP contribution in [0.25, 0.3) is 0 Å². The summed E-state index contributed by atoms with van der Waals surface area (Å²) in [5, 5.41) is 23.1. The molecule has 4 heteroatoms. The van der Waals surface area contributed by atoms with E-state index in [0.29, 0.717) is 5.02 Å². The van der Waals surface area contributed by atoms with Crippen LogP contribution < -0.4 is 0 Å². The Hall–Kier alpha value is -1.40. The standard InChI is InChI=1S/C6H5ClO.CHNO/c7-5-1-3-6(8)4-2-5;2-1-3/h1-4,8H;3H. The van der Waals surface area contributed by atoms with Crippen molar-refractivity contribution >= 4 is 11.6 Å². The van der Waals surface area contributed by atoms with Gasteiger partial charge in [0.05, 0.1) is 0 Å². The number of nitriles is 1. The molecule has 0 radical (unpaired) electrons. The van der Waals surface area contributed by atoms with Crippen molar-refractivity contribution < 1.29 is 10.2 Å². The van der Waals surface area contributed by atoms with Crippen LogP contribution in [0.4, 0.5) is 0 Å². The highest BCUT2D eigenvalue weighted by molar-refractivity contribution is 6.30. The zero-order valence-electron chi connectivity index (χ0n) is 5.53. The molecule has 0 aliphatic heterocycles. The van der Waals surface area contributed by atoms with E-state index in [1.165, 1.54) is 0 Å². The van der Waals surface area contributed by atoms with Crippen molar-refractivity contribution in [1.82, 2.24) is 0 Å². The normalized spacial score (nSPS) is 7.27. The summed E-state index contributed by atoms with van der Waals surface area (Å²) in [5.74, 6) is 0.245. The summed E-state index contributed by atoms with van der Waals surface area (Å²) in [6.45, 7) is 0. The molecule has 0 spiro atoms. The smallest absolute Gasteiger partial charge is 0.283 e. The van der Waals surface area contributed by atoms with Crippen molar-refractivity contribution in [3.63, 3.8) is 0 Å². The summed E-state index contributed by atoms with van der Waals surface area (Å²) in [7, 11) is 0. The zero-order chi connectivity index (χ0) is 8.69. The molecule has 0 unspecified atom stereocenters. The quantitative estimate of drug-likeness (QED) is 0.586. The molecular weight excluding hydrogens is 166 g/mol. The van der Waals surface area contributed by atoms with Crippen LogP contribution in [0.5, 0.6) is 5.75 Å². The van der Waals surface area contributed by atoms with Crippen LogP contribution >= 0.6 is 11.6 Å². The minimum absolute atomic E-state index is 0.245. The Bertz CT molecular complexity index is 219. The summed E-state index contributed by atoms with van der Waals surface area (Å²) in [6.07, 6.45) is 0.750. The Morgan fingerprint density at radius 2 is 1.64 bits per heavy atom. The molecule has 3 nitrogen and oxygen atoms in total. The second kappa shape index (κ2) is 5.39. The fraction of sp³-hybridized carbons (Fsp3) is 0. The van der Waals surface area contributed by atoms with Crippen molar-refractivity contribution in [2.24, 2.45) is 0 Å². The van der Waals surface area contributed by atoms with Gasteiger partial charge in [0, 0.05) is 5.02 Å². The van der Waals surface area contributed by atoms with Crippen molar-refractivity contribution in [2.45, 2.75) is 0 Å². The van der Waals surface area contributed by atoms with Gasteiger partial charge in [-0.1, -0.05) is 11.6 Å². The lowest BCUT2D eigenvalue weighted by atomic mass is 10.3. The van der Waals surface area contributed by atoms with E-state index in [-0.39, 0.29) is 5.75 Å². The predicted molar refractivity (Wildman–Crippen MR) is 40.7 cm³/mol. The van der Waals surface area contributed by atoms with Crippen molar-refractivity contribution in [3.8, 4) is 12.0 Å². The molecule has 58 valence electrons. The number of aliphatic hydroxyl groups excluding tert-OH is 1. The highest BCUT2D eigenvalue weighted by Gasteiger charge is 1.84. The maximum absolute atomic E-state index is 8.70. The van der Waals surface area contributed by atoms with Gasteiger partial charge in [-0.15, -0.1) is 0 Å². The minimum Gasteiger partial charge on any atom is -0.508 e. The second-order valence-electron chi connectivity index (χ2n) is 1.58. The third-order valence-corrected chi connectivity index (χ3v) is 1.08. The number of phenolic OH excluding ortho intramolecular Hbond substituents is 1. The topological polar surface area (TPSA) is 64.2 Å². The average Bonchev–Trinajstić information content (AvgIpc) is 1.97. The first-order chi connectivity index (χ1) is 5.20. The van der Waals surface area contributed by atoms with Gasteiger partial charge in [0.1, 0.15) is 5.75 Å². The van der Waals surface area contributed by atoms with E-state index in [1.54, 1.807) is 24.3 Å². The average molecular weight is 172 g/mol. The Morgan fingerprint density at radius 1 is 1.27 bits per heavy atom. The van der Waals surface area contributed by atoms with Crippen LogP contribution in [0.3, 0.4) is 0 Å². The van der Waals surface area contributed by atoms with E-state index < -0.39 is 0 Å². The molecule has 1 aromatic rings. The number of aliphatic hydroxyl groups is 1. The van der Waals surface area contributed by atoms with Gasteiger partial charge in [0.2, 0.25) is 0 Å². The fourth-order valence-electron chi connectivity index (χ4n) is 0.441. The molecule has 0 aliphatic rings. The molecule has 1 rings (SSSR count). The SMILES string of the molecule is N#CO.Oc1ccc(Cl)cc1. The monoisotopic (exact) mass is 171 g/mol. The predicted octanol–water partition coefficient (Wildman–Crippen LogP) is 1.89.